The second-order valence-corrected chi connectivity index (χ2v) is 3.96. The van der Waals surface area contributed by atoms with Crippen LogP contribution < -0.4 is 10.6 Å². The van der Waals surface area contributed by atoms with Gasteiger partial charge in [0.25, 0.3) is 5.91 Å². The SMILES string of the molecule is CCN(C(=O)c1cc(C)on1)c1ccc(N)cc1. The number of nitrogens with zero attached hydrogens (tertiary/aromatic N) is 2. The zero-order chi connectivity index (χ0) is 13.1. The van der Waals surface area contributed by atoms with Crippen LogP contribution in [0.1, 0.15) is 23.2 Å². The molecule has 1 amide bonds. The lowest BCUT2D eigenvalue weighted by atomic mass is 10.2. The summed E-state index contributed by atoms with van der Waals surface area (Å²) < 4.78 is 4.92. The number of hydrogen-bond acceptors (Lipinski definition) is 4. The van der Waals surface area contributed by atoms with E-state index in [2.05, 4.69) is 5.16 Å². The average Bonchev–Trinajstić information content (AvgIpc) is 2.79. The van der Waals surface area contributed by atoms with E-state index in [0.717, 1.165) is 5.69 Å². The van der Waals surface area contributed by atoms with E-state index in [1.807, 2.05) is 19.1 Å². The van der Waals surface area contributed by atoms with Crippen molar-refractivity contribution in [2.75, 3.05) is 17.2 Å². The first-order valence-electron chi connectivity index (χ1n) is 5.72. The molecule has 5 nitrogen and oxygen atoms in total. The van der Waals surface area contributed by atoms with Crippen molar-refractivity contribution in [2.24, 2.45) is 0 Å². The van der Waals surface area contributed by atoms with Crippen molar-refractivity contribution in [3.05, 3.63) is 41.8 Å². The maximum atomic E-state index is 12.2. The largest absolute Gasteiger partial charge is 0.399 e. The number of anilines is 2. The van der Waals surface area contributed by atoms with Gasteiger partial charge in [0.05, 0.1) is 0 Å². The highest BCUT2D eigenvalue weighted by Crippen LogP contribution is 2.18. The summed E-state index contributed by atoms with van der Waals surface area (Å²) >= 11 is 0. The number of amides is 1. The number of hydrogen-bond donors (Lipinski definition) is 1. The third kappa shape index (κ3) is 2.34. The molecule has 0 aliphatic heterocycles. The van der Waals surface area contributed by atoms with Gasteiger partial charge < -0.3 is 15.2 Å². The third-order valence-electron chi connectivity index (χ3n) is 2.61. The molecule has 0 saturated carbocycles. The second-order valence-electron chi connectivity index (χ2n) is 3.96. The first-order chi connectivity index (χ1) is 8.61. The molecule has 5 heteroatoms. The van der Waals surface area contributed by atoms with E-state index >= 15 is 0 Å². The standard InChI is InChI=1S/C13H15N3O2/c1-3-16(11-6-4-10(14)5-7-11)13(17)12-8-9(2)18-15-12/h4-8H,3,14H2,1-2H3. The Morgan fingerprint density at radius 1 is 1.39 bits per heavy atom. The average molecular weight is 245 g/mol. The molecule has 94 valence electrons. The number of benzene rings is 1. The number of aromatic nitrogens is 1. The van der Waals surface area contributed by atoms with Crippen LogP contribution in [0.15, 0.2) is 34.9 Å². The number of carbonyl (C=O) groups is 1. The Morgan fingerprint density at radius 2 is 2.06 bits per heavy atom. The van der Waals surface area contributed by atoms with Gasteiger partial charge >= 0.3 is 0 Å². The van der Waals surface area contributed by atoms with Gasteiger partial charge in [-0.05, 0) is 38.1 Å². The third-order valence-corrected chi connectivity index (χ3v) is 2.61. The van der Waals surface area contributed by atoms with Gasteiger partial charge in [-0.3, -0.25) is 4.79 Å². The van der Waals surface area contributed by atoms with Crippen molar-refractivity contribution in [3.63, 3.8) is 0 Å². The molecule has 1 aromatic heterocycles. The zero-order valence-electron chi connectivity index (χ0n) is 10.4. The molecule has 2 N–H and O–H groups in total. The Morgan fingerprint density at radius 3 is 2.56 bits per heavy atom. The summed E-state index contributed by atoms with van der Waals surface area (Å²) in [5.41, 5.74) is 7.39. The molecule has 0 saturated heterocycles. The number of carbonyl (C=O) groups excluding carboxylic acids is 1. The van der Waals surface area contributed by atoms with Crippen LogP contribution >= 0.6 is 0 Å². The minimum absolute atomic E-state index is 0.181. The summed E-state index contributed by atoms with van der Waals surface area (Å²) in [7, 11) is 0. The van der Waals surface area contributed by atoms with E-state index in [1.54, 1.807) is 30.0 Å². The van der Waals surface area contributed by atoms with Crippen molar-refractivity contribution in [1.82, 2.24) is 5.16 Å². The van der Waals surface area contributed by atoms with E-state index in [-0.39, 0.29) is 5.91 Å². The molecule has 2 rings (SSSR count). The van der Waals surface area contributed by atoms with Crippen LogP contribution in [0.5, 0.6) is 0 Å². The Bertz CT molecular complexity index is 546. The van der Waals surface area contributed by atoms with Gasteiger partial charge in [0.2, 0.25) is 0 Å². The van der Waals surface area contributed by atoms with Gasteiger partial charge in [0.15, 0.2) is 5.69 Å². The molecule has 18 heavy (non-hydrogen) atoms. The molecule has 1 aromatic carbocycles. The highest BCUT2D eigenvalue weighted by molar-refractivity contribution is 6.04. The molecule has 2 aromatic rings. The fraction of sp³-hybridized carbons (Fsp3) is 0.231. The zero-order valence-corrected chi connectivity index (χ0v) is 10.4. The van der Waals surface area contributed by atoms with E-state index in [1.165, 1.54) is 0 Å². The van der Waals surface area contributed by atoms with Gasteiger partial charge in [-0.1, -0.05) is 5.16 Å². The molecular formula is C13H15N3O2. The topological polar surface area (TPSA) is 72.4 Å². The molecule has 0 unspecified atom stereocenters. The molecule has 1 heterocycles. The number of aryl methyl sites for hydroxylation is 1. The Kier molecular flexibility index (Phi) is 3.32. The minimum atomic E-state index is -0.181. The summed E-state index contributed by atoms with van der Waals surface area (Å²) in [6, 6.07) is 8.77. The molecule has 0 aliphatic rings. The summed E-state index contributed by atoms with van der Waals surface area (Å²) in [5.74, 6) is 0.436. The summed E-state index contributed by atoms with van der Waals surface area (Å²) in [6.45, 7) is 4.21. The van der Waals surface area contributed by atoms with Crippen molar-refractivity contribution in [2.45, 2.75) is 13.8 Å². The Balaban J connectivity index is 2.28. The fourth-order valence-electron chi connectivity index (χ4n) is 1.70. The quantitative estimate of drug-likeness (QED) is 0.841. The Labute approximate surface area is 105 Å². The smallest absolute Gasteiger partial charge is 0.280 e. The normalized spacial score (nSPS) is 10.3. The van der Waals surface area contributed by atoms with Crippen molar-refractivity contribution < 1.29 is 9.32 Å². The van der Waals surface area contributed by atoms with Gasteiger partial charge in [-0.25, -0.2) is 0 Å². The number of nitrogens with two attached hydrogens (primary N) is 1. The van der Waals surface area contributed by atoms with E-state index < -0.39 is 0 Å². The molecule has 0 spiro atoms. The summed E-state index contributed by atoms with van der Waals surface area (Å²) in [5, 5.41) is 3.74. The predicted octanol–water partition coefficient (Wildman–Crippen LogP) is 2.23. The van der Waals surface area contributed by atoms with Crippen molar-refractivity contribution >= 4 is 17.3 Å². The van der Waals surface area contributed by atoms with Gasteiger partial charge in [-0.2, -0.15) is 0 Å². The lowest BCUT2D eigenvalue weighted by molar-refractivity contribution is 0.0979. The first kappa shape index (κ1) is 12.2. The minimum Gasteiger partial charge on any atom is -0.399 e. The van der Waals surface area contributed by atoms with E-state index in [4.69, 9.17) is 10.3 Å². The van der Waals surface area contributed by atoms with Crippen LogP contribution in [0, 0.1) is 6.92 Å². The van der Waals surface area contributed by atoms with Crippen molar-refractivity contribution in [3.8, 4) is 0 Å². The molecule has 0 bridgehead atoms. The highest BCUT2D eigenvalue weighted by atomic mass is 16.5. The summed E-state index contributed by atoms with van der Waals surface area (Å²) in [4.78, 5) is 13.9. The van der Waals surface area contributed by atoms with Gasteiger partial charge in [0, 0.05) is 24.0 Å². The maximum absolute atomic E-state index is 12.2. The van der Waals surface area contributed by atoms with Crippen LogP contribution in [0.3, 0.4) is 0 Å². The molecule has 0 atom stereocenters. The van der Waals surface area contributed by atoms with Crippen LogP contribution in [0.4, 0.5) is 11.4 Å². The van der Waals surface area contributed by atoms with Crippen LogP contribution in [-0.2, 0) is 0 Å². The molecular weight excluding hydrogens is 230 g/mol. The van der Waals surface area contributed by atoms with Crippen LogP contribution in [0.25, 0.3) is 0 Å². The van der Waals surface area contributed by atoms with Gasteiger partial charge in [-0.15, -0.1) is 0 Å². The highest BCUT2D eigenvalue weighted by Gasteiger charge is 2.19. The number of nitrogen functional groups attached to an aromatic ring is 1. The second kappa shape index (κ2) is 4.91. The van der Waals surface area contributed by atoms with E-state index in [0.29, 0.717) is 23.7 Å². The van der Waals surface area contributed by atoms with Crippen LogP contribution in [-0.4, -0.2) is 17.6 Å². The molecule has 0 radical (unpaired) electrons. The monoisotopic (exact) mass is 245 g/mol. The lowest BCUT2D eigenvalue weighted by Gasteiger charge is -2.19. The fourth-order valence-corrected chi connectivity index (χ4v) is 1.70. The van der Waals surface area contributed by atoms with E-state index in [9.17, 15) is 4.79 Å². The van der Waals surface area contributed by atoms with Crippen molar-refractivity contribution in [1.29, 1.82) is 0 Å². The molecule has 0 fully saturated rings. The van der Waals surface area contributed by atoms with Crippen LogP contribution in [0.2, 0.25) is 0 Å². The summed E-state index contributed by atoms with van der Waals surface area (Å²) in [6.07, 6.45) is 0. The number of rotatable bonds is 3. The lowest BCUT2D eigenvalue weighted by Crippen LogP contribution is -2.30. The molecule has 0 aliphatic carbocycles. The first-order valence-corrected chi connectivity index (χ1v) is 5.72. The maximum Gasteiger partial charge on any atom is 0.280 e. The van der Waals surface area contributed by atoms with Gasteiger partial charge in [0.1, 0.15) is 5.76 Å². The Hall–Kier alpha value is -2.30. The predicted molar refractivity (Wildman–Crippen MR) is 69.4 cm³/mol.